The highest BCUT2D eigenvalue weighted by molar-refractivity contribution is 5.76. The van der Waals surface area contributed by atoms with Crippen LogP contribution >= 0.6 is 0 Å². The molecule has 1 heterocycles. The molecule has 4 heteroatoms. The van der Waals surface area contributed by atoms with E-state index in [4.69, 9.17) is 0 Å². The molecule has 0 aliphatic carbocycles. The van der Waals surface area contributed by atoms with Crippen LogP contribution in [0.2, 0.25) is 0 Å². The Bertz CT molecular complexity index is 447. The Labute approximate surface area is 118 Å². The van der Waals surface area contributed by atoms with Gasteiger partial charge in [-0.2, -0.15) is 8.78 Å². The zero-order chi connectivity index (χ0) is 14.6. The van der Waals surface area contributed by atoms with E-state index in [2.05, 4.69) is 0 Å². The van der Waals surface area contributed by atoms with Gasteiger partial charge in [0, 0.05) is 18.0 Å². The first-order chi connectivity index (χ1) is 9.49. The number of nitrogens with zero attached hydrogens (tertiary/aromatic N) is 1. The van der Waals surface area contributed by atoms with E-state index >= 15 is 0 Å². The third-order valence-corrected chi connectivity index (χ3v) is 3.87. The highest BCUT2D eigenvalue weighted by atomic mass is 19.3. The Morgan fingerprint density at radius 2 is 2.00 bits per heavy atom. The molecular weight excluding hydrogens is 260 g/mol. The maximum Gasteiger partial charge on any atom is 0.285 e. The highest BCUT2D eigenvalue weighted by Gasteiger charge is 2.37. The van der Waals surface area contributed by atoms with Gasteiger partial charge in [-0.15, -0.1) is 0 Å². The summed E-state index contributed by atoms with van der Waals surface area (Å²) in [5.74, 6) is -2.79. The highest BCUT2D eigenvalue weighted by Crippen LogP contribution is 2.31. The Hall–Kier alpha value is -1.29. The van der Waals surface area contributed by atoms with Crippen LogP contribution in [0.25, 0.3) is 0 Å². The molecular formula is C16H21F2NO. The van der Waals surface area contributed by atoms with Crippen LogP contribution in [0.1, 0.15) is 38.2 Å². The van der Waals surface area contributed by atoms with E-state index in [0.29, 0.717) is 13.0 Å². The molecule has 1 atom stereocenters. The van der Waals surface area contributed by atoms with Gasteiger partial charge in [0.1, 0.15) is 5.78 Å². The van der Waals surface area contributed by atoms with Crippen LogP contribution in [0.4, 0.5) is 8.78 Å². The smallest absolute Gasteiger partial charge is 0.285 e. The van der Waals surface area contributed by atoms with Crippen molar-refractivity contribution in [2.45, 2.75) is 44.6 Å². The lowest BCUT2D eigenvalue weighted by atomic mass is 9.96. The summed E-state index contributed by atoms with van der Waals surface area (Å²) >= 11 is 0. The first kappa shape index (κ1) is 15.1. The number of alkyl halides is 2. The quantitative estimate of drug-likeness (QED) is 0.821. The summed E-state index contributed by atoms with van der Waals surface area (Å²) in [6, 6.07) is 7.89. The van der Waals surface area contributed by atoms with Crippen LogP contribution in [0.3, 0.4) is 0 Å². The normalized spacial score (nSPS) is 20.9. The minimum Gasteiger partial charge on any atom is -0.300 e. The molecule has 110 valence electrons. The van der Waals surface area contributed by atoms with Crippen molar-refractivity contribution >= 4 is 5.78 Å². The lowest BCUT2D eigenvalue weighted by Crippen LogP contribution is -2.45. The van der Waals surface area contributed by atoms with Crippen LogP contribution in [0.15, 0.2) is 30.3 Å². The summed E-state index contributed by atoms with van der Waals surface area (Å²) in [5, 5.41) is 0. The van der Waals surface area contributed by atoms with Crippen molar-refractivity contribution in [3.05, 3.63) is 35.9 Å². The second-order valence-electron chi connectivity index (χ2n) is 5.60. The first-order valence-corrected chi connectivity index (χ1v) is 7.16. The molecule has 20 heavy (non-hydrogen) atoms. The van der Waals surface area contributed by atoms with Gasteiger partial charge in [0.15, 0.2) is 0 Å². The molecule has 0 radical (unpaired) electrons. The fraction of sp³-hybridized carbons (Fsp3) is 0.562. The number of carbonyl (C=O) groups is 1. The monoisotopic (exact) mass is 281 g/mol. The maximum atomic E-state index is 14.3. The summed E-state index contributed by atoms with van der Waals surface area (Å²) in [7, 11) is 0. The van der Waals surface area contributed by atoms with Crippen molar-refractivity contribution in [1.82, 2.24) is 4.90 Å². The Kier molecular flexibility index (Phi) is 4.86. The molecule has 2 rings (SSSR count). The van der Waals surface area contributed by atoms with Gasteiger partial charge in [0.05, 0.1) is 6.54 Å². The van der Waals surface area contributed by atoms with Gasteiger partial charge in [0.25, 0.3) is 5.92 Å². The van der Waals surface area contributed by atoms with Crippen LogP contribution < -0.4 is 0 Å². The van der Waals surface area contributed by atoms with Crippen LogP contribution in [0, 0.1) is 0 Å². The number of benzene rings is 1. The lowest BCUT2D eigenvalue weighted by molar-refractivity contribution is -0.119. The third kappa shape index (κ3) is 3.85. The number of hydrogen-bond donors (Lipinski definition) is 0. The molecule has 1 fully saturated rings. The van der Waals surface area contributed by atoms with Crippen molar-refractivity contribution in [2.75, 3.05) is 13.1 Å². The molecule has 0 spiro atoms. The number of piperidine rings is 1. The zero-order valence-electron chi connectivity index (χ0n) is 11.8. The predicted octanol–water partition coefficient (Wildman–Crippen LogP) is 3.61. The van der Waals surface area contributed by atoms with Gasteiger partial charge in [-0.05, 0) is 26.3 Å². The van der Waals surface area contributed by atoms with Crippen molar-refractivity contribution < 1.29 is 13.6 Å². The summed E-state index contributed by atoms with van der Waals surface area (Å²) in [5.41, 5.74) is 0.0483. The van der Waals surface area contributed by atoms with E-state index in [1.165, 1.54) is 19.1 Å². The van der Waals surface area contributed by atoms with Crippen molar-refractivity contribution in [3.8, 4) is 0 Å². The minimum absolute atomic E-state index is 0.0316. The van der Waals surface area contributed by atoms with Gasteiger partial charge in [-0.3, -0.25) is 9.69 Å². The average molecular weight is 281 g/mol. The van der Waals surface area contributed by atoms with E-state index in [9.17, 15) is 13.6 Å². The SMILES string of the molecule is CC(=O)CC1CCCCN1CC(F)(F)c1ccccc1. The number of carbonyl (C=O) groups excluding carboxylic acids is 1. The molecule has 1 aliphatic heterocycles. The van der Waals surface area contributed by atoms with Crippen LogP contribution in [0.5, 0.6) is 0 Å². The van der Waals surface area contributed by atoms with Gasteiger partial charge in [-0.1, -0.05) is 36.8 Å². The minimum atomic E-state index is -2.87. The van der Waals surface area contributed by atoms with E-state index in [1.54, 1.807) is 23.1 Å². The van der Waals surface area contributed by atoms with E-state index < -0.39 is 5.92 Å². The standard InChI is InChI=1S/C16H21F2NO/c1-13(20)11-15-9-5-6-10-19(15)12-16(17,18)14-7-3-2-4-8-14/h2-4,7-8,15H,5-6,9-12H2,1H3. The molecule has 0 amide bonds. The second kappa shape index (κ2) is 6.44. The number of halogens is 2. The summed E-state index contributed by atoms with van der Waals surface area (Å²) in [6.07, 6.45) is 3.17. The van der Waals surface area contributed by atoms with Crippen molar-refractivity contribution in [3.63, 3.8) is 0 Å². The Balaban J connectivity index is 2.07. The summed E-state index contributed by atoms with van der Waals surface area (Å²) in [6.45, 7) is 1.89. The Morgan fingerprint density at radius 1 is 1.30 bits per heavy atom. The maximum absolute atomic E-state index is 14.3. The molecule has 1 aromatic rings. The number of rotatable bonds is 5. The molecule has 2 nitrogen and oxygen atoms in total. The van der Waals surface area contributed by atoms with E-state index in [1.807, 2.05) is 0 Å². The molecule has 0 aromatic heterocycles. The van der Waals surface area contributed by atoms with E-state index in [-0.39, 0.29) is 23.9 Å². The van der Waals surface area contributed by atoms with Crippen LogP contribution in [-0.2, 0) is 10.7 Å². The lowest BCUT2D eigenvalue weighted by Gasteiger charge is -2.37. The van der Waals surface area contributed by atoms with Gasteiger partial charge < -0.3 is 0 Å². The number of Topliss-reactive ketones (excluding diaryl/α,β-unsaturated/α-hetero) is 1. The van der Waals surface area contributed by atoms with Gasteiger partial charge in [-0.25, -0.2) is 0 Å². The average Bonchev–Trinajstić information content (AvgIpc) is 2.41. The molecule has 1 aliphatic rings. The number of likely N-dealkylation sites (tertiary alicyclic amines) is 1. The van der Waals surface area contributed by atoms with E-state index in [0.717, 1.165) is 19.3 Å². The van der Waals surface area contributed by atoms with Crippen molar-refractivity contribution in [2.24, 2.45) is 0 Å². The summed E-state index contributed by atoms with van der Waals surface area (Å²) < 4.78 is 28.6. The first-order valence-electron chi connectivity index (χ1n) is 7.16. The second-order valence-corrected chi connectivity index (χ2v) is 5.60. The topological polar surface area (TPSA) is 20.3 Å². The third-order valence-electron chi connectivity index (χ3n) is 3.87. The predicted molar refractivity (Wildman–Crippen MR) is 74.8 cm³/mol. The molecule has 0 N–H and O–H groups in total. The fourth-order valence-electron chi connectivity index (χ4n) is 2.86. The molecule has 0 saturated carbocycles. The molecule has 1 aromatic carbocycles. The van der Waals surface area contributed by atoms with Crippen LogP contribution in [-0.4, -0.2) is 29.8 Å². The largest absolute Gasteiger partial charge is 0.300 e. The number of ketones is 1. The van der Waals surface area contributed by atoms with Crippen molar-refractivity contribution in [1.29, 1.82) is 0 Å². The molecule has 1 saturated heterocycles. The van der Waals surface area contributed by atoms with Gasteiger partial charge >= 0.3 is 0 Å². The Morgan fingerprint density at radius 3 is 2.65 bits per heavy atom. The van der Waals surface area contributed by atoms with Gasteiger partial charge in [0.2, 0.25) is 0 Å². The fourth-order valence-corrected chi connectivity index (χ4v) is 2.86. The number of hydrogen-bond acceptors (Lipinski definition) is 2. The molecule has 1 unspecified atom stereocenters. The summed E-state index contributed by atoms with van der Waals surface area (Å²) in [4.78, 5) is 13.1. The molecule has 0 bridgehead atoms. The zero-order valence-corrected chi connectivity index (χ0v) is 11.8.